The van der Waals surface area contributed by atoms with Gasteiger partial charge in [-0.3, -0.25) is 4.90 Å². The maximum Gasteiger partial charge on any atom is 0.0516 e. The molecule has 1 aromatic rings. The van der Waals surface area contributed by atoms with Crippen molar-refractivity contribution in [1.82, 2.24) is 10.2 Å². The Bertz CT molecular complexity index is 437. The van der Waals surface area contributed by atoms with Crippen molar-refractivity contribution in [3.8, 4) is 0 Å². The van der Waals surface area contributed by atoms with Crippen molar-refractivity contribution in [2.45, 2.75) is 58.0 Å². The number of likely N-dealkylation sites (tertiary alicyclic amines) is 1. The molecule has 2 nitrogen and oxygen atoms in total. The molecule has 0 radical (unpaired) electrons. The van der Waals surface area contributed by atoms with Gasteiger partial charge in [-0.15, -0.1) is 0 Å². The van der Waals surface area contributed by atoms with Crippen LogP contribution >= 0.6 is 11.6 Å². The van der Waals surface area contributed by atoms with E-state index in [4.69, 9.17) is 11.6 Å². The van der Waals surface area contributed by atoms with Gasteiger partial charge < -0.3 is 5.32 Å². The summed E-state index contributed by atoms with van der Waals surface area (Å²) in [5, 5.41) is 4.54. The van der Waals surface area contributed by atoms with Crippen LogP contribution < -0.4 is 5.32 Å². The Labute approximate surface area is 134 Å². The molecule has 118 valence electrons. The Morgan fingerprint density at radius 2 is 1.76 bits per heavy atom. The van der Waals surface area contributed by atoms with E-state index in [0.717, 1.165) is 11.6 Å². The first kappa shape index (κ1) is 16.8. The summed E-state index contributed by atoms with van der Waals surface area (Å²) < 4.78 is 0. The SMILES string of the molecule is CCNC(c1ccccc1Cl)C(C)(C)N1CCCCCC1. The van der Waals surface area contributed by atoms with Gasteiger partial charge in [-0.2, -0.15) is 0 Å². The van der Waals surface area contributed by atoms with E-state index in [1.165, 1.54) is 44.3 Å². The van der Waals surface area contributed by atoms with Gasteiger partial charge in [0.1, 0.15) is 0 Å². The number of nitrogens with zero attached hydrogens (tertiary/aromatic N) is 1. The van der Waals surface area contributed by atoms with Crippen molar-refractivity contribution in [2.24, 2.45) is 0 Å². The maximum absolute atomic E-state index is 6.47. The summed E-state index contributed by atoms with van der Waals surface area (Å²) in [6, 6.07) is 8.52. The van der Waals surface area contributed by atoms with Gasteiger partial charge in [-0.1, -0.05) is 49.6 Å². The van der Waals surface area contributed by atoms with Crippen LogP contribution in [0.25, 0.3) is 0 Å². The van der Waals surface area contributed by atoms with Gasteiger partial charge in [0.2, 0.25) is 0 Å². The normalized spacial score (nSPS) is 19.2. The molecule has 0 aliphatic carbocycles. The van der Waals surface area contributed by atoms with E-state index in [1.807, 2.05) is 12.1 Å². The Balaban J connectivity index is 2.28. The van der Waals surface area contributed by atoms with Crippen molar-refractivity contribution in [2.75, 3.05) is 19.6 Å². The number of rotatable bonds is 5. The summed E-state index contributed by atoms with van der Waals surface area (Å²) in [6.07, 6.45) is 5.35. The first-order chi connectivity index (χ1) is 10.1. The van der Waals surface area contributed by atoms with Crippen molar-refractivity contribution in [3.63, 3.8) is 0 Å². The second-order valence-electron chi connectivity index (χ2n) is 6.57. The van der Waals surface area contributed by atoms with Crippen LogP contribution in [0.3, 0.4) is 0 Å². The maximum atomic E-state index is 6.47. The van der Waals surface area contributed by atoms with E-state index >= 15 is 0 Å². The molecule has 1 aromatic carbocycles. The largest absolute Gasteiger partial charge is 0.309 e. The molecule has 0 bridgehead atoms. The number of likely N-dealkylation sites (N-methyl/N-ethyl adjacent to an activating group) is 1. The quantitative estimate of drug-likeness (QED) is 0.852. The van der Waals surface area contributed by atoms with E-state index < -0.39 is 0 Å². The van der Waals surface area contributed by atoms with Gasteiger partial charge in [0.25, 0.3) is 0 Å². The van der Waals surface area contributed by atoms with Crippen molar-refractivity contribution >= 4 is 11.6 Å². The van der Waals surface area contributed by atoms with Gasteiger partial charge in [0.05, 0.1) is 6.04 Å². The molecule has 1 N–H and O–H groups in total. The molecule has 1 aliphatic heterocycles. The Hall–Kier alpha value is -0.570. The molecule has 3 heteroatoms. The zero-order chi connectivity index (χ0) is 15.3. The second-order valence-corrected chi connectivity index (χ2v) is 6.97. The van der Waals surface area contributed by atoms with Crippen LogP contribution in [-0.2, 0) is 0 Å². The van der Waals surface area contributed by atoms with Crippen LogP contribution in [0.5, 0.6) is 0 Å². The van der Waals surface area contributed by atoms with Crippen molar-refractivity contribution in [1.29, 1.82) is 0 Å². The monoisotopic (exact) mass is 308 g/mol. The summed E-state index contributed by atoms with van der Waals surface area (Å²) in [5.41, 5.74) is 1.28. The number of hydrogen-bond donors (Lipinski definition) is 1. The van der Waals surface area contributed by atoms with E-state index in [9.17, 15) is 0 Å². The Morgan fingerprint density at radius 1 is 1.14 bits per heavy atom. The summed E-state index contributed by atoms with van der Waals surface area (Å²) in [5.74, 6) is 0. The molecule has 0 spiro atoms. The lowest BCUT2D eigenvalue weighted by molar-refractivity contribution is 0.0840. The molecule has 1 fully saturated rings. The van der Waals surface area contributed by atoms with Crippen LogP contribution in [0.4, 0.5) is 0 Å². The molecular formula is C18H29ClN2. The van der Waals surface area contributed by atoms with Crippen LogP contribution in [-0.4, -0.2) is 30.1 Å². The Kier molecular flexibility index (Phi) is 6.09. The molecule has 0 aromatic heterocycles. The van der Waals surface area contributed by atoms with E-state index in [1.54, 1.807) is 0 Å². The molecule has 1 aliphatic rings. The predicted molar refractivity (Wildman–Crippen MR) is 92.0 cm³/mol. The third-order valence-corrected chi connectivity index (χ3v) is 5.10. The highest BCUT2D eigenvalue weighted by atomic mass is 35.5. The van der Waals surface area contributed by atoms with E-state index in [-0.39, 0.29) is 11.6 Å². The highest BCUT2D eigenvalue weighted by molar-refractivity contribution is 6.31. The molecule has 1 unspecified atom stereocenters. The molecular weight excluding hydrogens is 280 g/mol. The predicted octanol–water partition coefficient (Wildman–Crippen LogP) is 4.65. The van der Waals surface area contributed by atoms with Gasteiger partial charge >= 0.3 is 0 Å². The lowest BCUT2D eigenvalue weighted by atomic mass is 9.86. The first-order valence-corrected chi connectivity index (χ1v) is 8.68. The standard InChI is InChI=1S/C18H29ClN2/c1-4-20-17(15-11-7-8-12-16(15)19)18(2,3)21-13-9-5-6-10-14-21/h7-8,11-12,17,20H,4-6,9-10,13-14H2,1-3H3. The van der Waals surface area contributed by atoms with Crippen molar-refractivity contribution < 1.29 is 0 Å². The highest BCUT2D eigenvalue weighted by Crippen LogP contribution is 2.35. The minimum atomic E-state index is 0.0609. The fraction of sp³-hybridized carbons (Fsp3) is 0.667. The van der Waals surface area contributed by atoms with Gasteiger partial charge in [0, 0.05) is 10.6 Å². The second kappa shape index (κ2) is 7.62. The minimum absolute atomic E-state index is 0.0609. The lowest BCUT2D eigenvalue weighted by Crippen LogP contribution is -2.53. The molecule has 1 heterocycles. The number of nitrogens with one attached hydrogen (secondary N) is 1. The summed E-state index contributed by atoms with van der Waals surface area (Å²) in [4.78, 5) is 2.65. The summed E-state index contributed by atoms with van der Waals surface area (Å²) in [6.45, 7) is 10.2. The molecule has 0 saturated carbocycles. The highest BCUT2D eigenvalue weighted by Gasteiger charge is 2.36. The zero-order valence-electron chi connectivity index (χ0n) is 13.7. The molecule has 1 atom stereocenters. The van der Waals surface area contributed by atoms with E-state index in [0.29, 0.717) is 0 Å². The molecule has 1 saturated heterocycles. The number of hydrogen-bond acceptors (Lipinski definition) is 2. The summed E-state index contributed by atoms with van der Waals surface area (Å²) in [7, 11) is 0. The number of benzene rings is 1. The zero-order valence-corrected chi connectivity index (χ0v) is 14.4. The first-order valence-electron chi connectivity index (χ1n) is 8.30. The van der Waals surface area contributed by atoms with Crippen molar-refractivity contribution in [3.05, 3.63) is 34.9 Å². The minimum Gasteiger partial charge on any atom is -0.309 e. The van der Waals surface area contributed by atoms with Gasteiger partial charge in [-0.25, -0.2) is 0 Å². The molecule has 21 heavy (non-hydrogen) atoms. The van der Waals surface area contributed by atoms with Crippen LogP contribution in [0, 0.1) is 0 Å². The smallest absolute Gasteiger partial charge is 0.0516 e. The van der Waals surface area contributed by atoms with E-state index in [2.05, 4.69) is 43.1 Å². The fourth-order valence-corrected chi connectivity index (χ4v) is 3.73. The fourth-order valence-electron chi connectivity index (χ4n) is 3.48. The Morgan fingerprint density at radius 3 is 2.33 bits per heavy atom. The summed E-state index contributed by atoms with van der Waals surface area (Å²) >= 11 is 6.47. The van der Waals surface area contributed by atoms with Gasteiger partial charge in [-0.05, 0) is 58.0 Å². The van der Waals surface area contributed by atoms with Crippen LogP contribution in [0.15, 0.2) is 24.3 Å². The third-order valence-electron chi connectivity index (χ3n) is 4.75. The third kappa shape index (κ3) is 4.00. The van der Waals surface area contributed by atoms with Gasteiger partial charge in [0.15, 0.2) is 0 Å². The molecule has 2 rings (SSSR count). The topological polar surface area (TPSA) is 15.3 Å². The average molecular weight is 309 g/mol. The average Bonchev–Trinajstić information content (AvgIpc) is 2.75. The number of halogens is 1. The molecule has 0 amide bonds. The van der Waals surface area contributed by atoms with Crippen LogP contribution in [0.1, 0.15) is 58.1 Å². The lowest BCUT2D eigenvalue weighted by Gasteiger charge is -2.44. The van der Waals surface area contributed by atoms with Crippen LogP contribution in [0.2, 0.25) is 5.02 Å².